The third-order valence-corrected chi connectivity index (χ3v) is 11.6. The third kappa shape index (κ3) is 12.9. The maximum Gasteiger partial charge on any atom is 0.501 e. The molecule has 1 aliphatic rings. The summed E-state index contributed by atoms with van der Waals surface area (Å²) >= 11 is 3.73. The standard InChI is InChI=1S/C12H24O5Si.C5H11BrSi/c1-5-12(13)14-10-9-11-18(15-6-2,16-7-3)17-8-4;6-7-4-2-1-3-5-7/h5H,1,6-11H2,2-4H3;7H,1-5H2. The van der Waals surface area contributed by atoms with E-state index in [-0.39, 0.29) is 7.42 Å². The van der Waals surface area contributed by atoms with Crippen LogP contribution in [0.25, 0.3) is 0 Å². The number of hydrogen-bond donors (Lipinski definition) is 0. The Balaban J connectivity index is 0.000000676. The molecule has 0 atom stereocenters. The van der Waals surface area contributed by atoms with Gasteiger partial charge in [-0.25, -0.2) is 4.79 Å². The minimum atomic E-state index is -2.59. The number of rotatable bonds is 11. The molecule has 5 nitrogen and oxygen atoms in total. The molecule has 0 spiro atoms. The van der Waals surface area contributed by atoms with Crippen molar-refractivity contribution in [1.82, 2.24) is 0 Å². The van der Waals surface area contributed by atoms with E-state index in [0.29, 0.717) is 38.9 Å². The van der Waals surface area contributed by atoms with Crippen molar-refractivity contribution in [2.75, 3.05) is 26.4 Å². The molecule has 1 aliphatic heterocycles. The third-order valence-electron chi connectivity index (χ3n) is 3.67. The van der Waals surface area contributed by atoms with Crippen LogP contribution >= 0.6 is 15.3 Å². The Hall–Kier alpha value is 0.00377. The van der Waals surface area contributed by atoms with Crippen LogP contribution in [0.5, 0.6) is 0 Å². The van der Waals surface area contributed by atoms with E-state index in [1.165, 1.54) is 19.3 Å². The Morgan fingerprint density at radius 3 is 1.96 bits per heavy atom. The van der Waals surface area contributed by atoms with E-state index >= 15 is 0 Å². The predicted octanol–water partition coefficient (Wildman–Crippen LogP) is 4.44. The zero-order valence-corrected chi connectivity index (χ0v) is 19.8. The zero-order valence-electron chi connectivity index (χ0n) is 16.1. The molecule has 1 rings (SSSR count). The molecular formula is C17H35BrO5Si2. The van der Waals surface area contributed by atoms with Gasteiger partial charge in [-0.3, -0.25) is 0 Å². The summed E-state index contributed by atoms with van der Waals surface area (Å²) in [5.41, 5.74) is 0. The number of carbonyl (C=O) groups excluding carboxylic acids is 1. The van der Waals surface area contributed by atoms with Crippen molar-refractivity contribution in [3.05, 3.63) is 12.7 Å². The fourth-order valence-electron chi connectivity index (χ4n) is 2.57. The molecule has 1 heterocycles. The summed E-state index contributed by atoms with van der Waals surface area (Å²) in [5.74, 6) is -0.411. The molecule has 0 saturated carbocycles. The van der Waals surface area contributed by atoms with Crippen LogP contribution in [0.3, 0.4) is 0 Å². The highest BCUT2D eigenvalue weighted by molar-refractivity contribution is 9.24. The van der Waals surface area contributed by atoms with Crippen LogP contribution in [-0.4, -0.2) is 48.6 Å². The highest BCUT2D eigenvalue weighted by Crippen LogP contribution is 2.21. The highest BCUT2D eigenvalue weighted by Gasteiger charge is 2.39. The summed E-state index contributed by atoms with van der Waals surface area (Å²) in [4.78, 5) is 10.9. The van der Waals surface area contributed by atoms with Crippen LogP contribution in [0.4, 0.5) is 0 Å². The molecule has 8 heteroatoms. The quantitative estimate of drug-likeness (QED) is 0.152. The molecule has 0 N–H and O–H groups in total. The first-order chi connectivity index (χ1) is 12.0. The van der Waals surface area contributed by atoms with Crippen LogP contribution in [0, 0.1) is 0 Å². The summed E-state index contributed by atoms with van der Waals surface area (Å²) in [6, 6.07) is 3.73. The maximum absolute atomic E-state index is 10.9. The Morgan fingerprint density at radius 1 is 1.08 bits per heavy atom. The van der Waals surface area contributed by atoms with E-state index in [9.17, 15) is 4.79 Å². The lowest BCUT2D eigenvalue weighted by Gasteiger charge is -2.28. The van der Waals surface area contributed by atoms with Gasteiger partial charge in [0.15, 0.2) is 0 Å². The lowest BCUT2D eigenvalue weighted by atomic mass is 10.3. The zero-order chi connectivity index (χ0) is 19.0. The normalized spacial score (nSPS) is 15.2. The molecule has 0 radical (unpaired) electrons. The molecule has 0 aromatic rings. The molecule has 0 amide bonds. The second kappa shape index (κ2) is 16.2. The fraction of sp³-hybridized carbons (Fsp3) is 0.824. The Kier molecular flexibility index (Phi) is 16.2. The molecular weight excluding hydrogens is 420 g/mol. The summed E-state index contributed by atoms with van der Waals surface area (Å²) in [6.07, 6.45) is 6.31. The SMILES string of the molecule is Br[SiH]1CCCCC1.C=CC(=O)OCCC[Si](OCC)(OCC)OCC. The van der Waals surface area contributed by atoms with Gasteiger partial charge in [0.05, 0.1) is 6.61 Å². The number of ether oxygens (including phenoxy) is 1. The van der Waals surface area contributed by atoms with Crippen LogP contribution in [0.1, 0.15) is 46.5 Å². The number of carbonyl (C=O) groups is 1. The topological polar surface area (TPSA) is 54.0 Å². The molecule has 0 aromatic heterocycles. The number of esters is 1. The largest absolute Gasteiger partial charge is 0.501 e. The van der Waals surface area contributed by atoms with Gasteiger partial charge in [0.25, 0.3) is 0 Å². The average Bonchev–Trinajstić information content (AvgIpc) is 2.60. The van der Waals surface area contributed by atoms with Crippen molar-refractivity contribution < 1.29 is 22.8 Å². The second-order valence-corrected chi connectivity index (χ2v) is 14.7. The lowest BCUT2D eigenvalue weighted by Crippen LogP contribution is -2.46. The Morgan fingerprint density at radius 2 is 1.60 bits per heavy atom. The molecule has 0 bridgehead atoms. The van der Waals surface area contributed by atoms with Gasteiger partial charge in [0, 0.05) is 31.9 Å². The van der Waals surface area contributed by atoms with Gasteiger partial charge < -0.3 is 18.0 Å². The first-order valence-corrected chi connectivity index (χ1v) is 16.1. The van der Waals surface area contributed by atoms with E-state index in [0.717, 1.165) is 6.08 Å². The summed E-state index contributed by atoms with van der Waals surface area (Å²) in [6.45, 7) is 11.1. The Bertz CT molecular complexity index is 335. The van der Waals surface area contributed by atoms with Gasteiger partial charge in [-0.15, -0.1) is 15.3 Å². The Labute approximate surface area is 164 Å². The van der Waals surface area contributed by atoms with Crippen molar-refractivity contribution in [3.63, 3.8) is 0 Å². The lowest BCUT2D eigenvalue weighted by molar-refractivity contribution is -0.137. The van der Waals surface area contributed by atoms with Gasteiger partial charge in [0.1, 0.15) is 7.42 Å². The van der Waals surface area contributed by atoms with Gasteiger partial charge in [-0.05, 0) is 27.2 Å². The van der Waals surface area contributed by atoms with Gasteiger partial charge in [0.2, 0.25) is 0 Å². The fourth-order valence-corrected chi connectivity index (χ4v) is 8.85. The predicted molar refractivity (Wildman–Crippen MR) is 111 cm³/mol. The van der Waals surface area contributed by atoms with Crippen LogP contribution < -0.4 is 0 Å². The first-order valence-electron chi connectivity index (χ1n) is 9.38. The van der Waals surface area contributed by atoms with Crippen LogP contribution in [-0.2, 0) is 22.8 Å². The van der Waals surface area contributed by atoms with E-state index in [4.69, 9.17) is 18.0 Å². The van der Waals surface area contributed by atoms with E-state index in [1.54, 1.807) is 12.1 Å². The first kappa shape index (κ1) is 25.0. The second-order valence-electron chi connectivity index (χ2n) is 5.69. The molecule has 1 fully saturated rings. The van der Waals surface area contributed by atoms with Crippen LogP contribution in [0.15, 0.2) is 12.7 Å². The highest BCUT2D eigenvalue weighted by atomic mass is 79.9. The minimum absolute atomic E-state index is 0.282. The molecule has 0 aromatic carbocycles. The van der Waals surface area contributed by atoms with E-state index in [1.807, 2.05) is 20.8 Å². The minimum Gasteiger partial charge on any atom is -0.463 e. The summed E-state index contributed by atoms with van der Waals surface area (Å²) in [7, 11) is -2.88. The van der Waals surface area contributed by atoms with Gasteiger partial charge >= 0.3 is 14.8 Å². The maximum atomic E-state index is 10.9. The molecule has 0 aliphatic carbocycles. The van der Waals surface area contributed by atoms with Crippen molar-refractivity contribution in [2.45, 2.75) is 64.6 Å². The molecule has 148 valence electrons. The van der Waals surface area contributed by atoms with Gasteiger partial charge in [-0.2, -0.15) is 0 Å². The molecule has 0 unspecified atom stereocenters. The molecule has 25 heavy (non-hydrogen) atoms. The smallest absolute Gasteiger partial charge is 0.463 e. The van der Waals surface area contributed by atoms with E-state index in [2.05, 4.69) is 21.9 Å². The number of halogens is 1. The van der Waals surface area contributed by atoms with Crippen LogP contribution in [0.2, 0.25) is 18.1 Å². The van der Waals surface area contributed by atoms with Crippen molar-refractivity contribution in [3.8, 4) is 0 Å². The average molecular weight is 456 g/mol. The number of hydrogen-bond acceptors (Lipinski definition) is 5. The van der Waals surface area contributed by atoms with Crippen molar-refractivity contribution in [2.24, 2.45) is 0 Å². The van der Waals surface area contributed by atoms with Gasteiger partial charge in [-0.1, -0.05) is 37.9 Å². The summed E-state index contributed by atoms with van der Waals surface area (Å²) in [5, 5.41) is 0. The van der Waals surface area contributed by atoms with Crippen molar-refractivity contribution >= 4 is 37.5 Å². The summed E-state index contributed by atoms with van der Waals surface area (Å²) < 4.78 is 22.0. The monoisotopic (exact) mass is 454 g/mol. The molecule has 1 saturated heterocycles. The van der Waals surface area contributed by atoms with E-state index < -0.39 is 14.8 Å². The van der Waals surface area contributed by atoms with Crippen molar-refractivity contribution in [1.29, 1.82) is 0 Å².